The largest absolute Gasteiger partial charge is 0.492 e. The lowest BCUT2D eigenvalue weighted by Gasteiger charge is -2.40. The number of para-hydroxylation sites is 1. The molecule has 0 spiro atoms. The van der Waals surface area contributed by atoms with Crippen LogP contribution in [0, 0.1) is 18.6 Å². The van der Waals surface area contributed by atoms with Gasteiger partial charge < -0.3 is 10.0 Å². The number of thiazole rings is 1. The van der Waals surface area contributed by atoms with E-state index < -0.39 is 17.7 Å². The molecule has 0 amide bonds. The average Bonchev–Trinajstić information content (AvgIpc) is 3.29. The maximum Gasteiger partial charge on any atom is 0.230 e. The maximum atomic E-state index is 14.1. The zero-order valence-corrected chi connectivity index (χ0v) is 17.7. The number of piperazine rings is 1. The average molecular weight is 442 g/mol. The van der Waals surface area contributed by atoms with Crippen LogP contribution < -0.4 is 4.90 Å². The Morgan fingerprint density at radius 2 is 1.74 bits per heavy atom. The molecule has 4 aromatic rings. The van der Waals surface area contributed by atoms with Crippen LogP contribution >= 0.6 is 11.3 Å². The van der Waals surface area contributed by atoms with Gasteiger partial charge in [-0.15, -0.1) is 5.10 Å². The molecule has 1 N–H and O–H groups in total. The van der Waals surface area contributed by atoms with Gasteiger partial charge >= 0.3 is 0 Å². The molecule has 160 valence electrons. The van der Waals surface area contributed by atoms with Crippen molar-refractivity contribution < 1.29 is 13.9 Å². The highest BCUT2D eigenvalue weighted by Crippen LogP contribution is 2.40. The molecule has 1 aliphatic rings. The van der Waals surface area contributed by atoms with Crippen LogP contribution in [-0.4, -0.2) is 50.8 Å². The normalized spacial score (nSPS) is 16.2. The number of aryl methyl sites for hydroxylation is 1. The predicted molar refractivity (Wildman–Crippen MR) is 116 cm³/mol. The lowest BCUT2D eigenvalue weighted by Crippen LogP contribution is -2.47. The van der Waals surface area contributed by atoms with Crippen molar-refractivity contribution in [3.05, 3.63) is 76.4 Å². The highest BCUT2D eigenvalue weighted by atomic mass is 32.1. The second-order valence-corrected chi connectivity index (χ2v) is 8.59. The first-order chi connectivity index (χ1) is 15.0. The van der Waals surface area contributed by atoms with Crippen molar-refractivity contribution in [2.45, 2.75) is 13.0 Å². The van der Waals surface area contributed by atoms with E-state index in [1.165, 1.54) is 21.9 Å². The molecule has 5 rings (SSSR count). The third-order valence-electron chi connectivity index (χ3n) is 5.61. The summed E-state index contributed by atoms with van der Waals surface area (Å²) >= 11 is 1.32. The van der Waals surface area contributed by atoms with Gasteiger partial charge in [-0.2, -0.15) is 4.52 Å². The monoisotopic (exact) mass is 441 g/mol. The zero-order chi connectivity index (χ0) is 21.5. The molecule has 6 nitrogen and oxygen atoms in total. The SMILES string of the molecule is Cc1nc2sc(C(c3ccc(F)c(F)c3)N3CCN(c4ccccc4)CC3)c(O)n2n1. The van der Waals surface area contributed by atoms with Crippen LogP contribution in [0.5, 0.6) is 5.88 Å². The fourth-order valence-electron chi connectivity index (χ4n) is 4.11. The summed E-state index contributed by atoms with van der Waals surface area (Å²) in [4.78, 5) is 10.0. The molecule has 0 aliphatic carbocycles. The van der Waals surface area contributed by atoms with Gasteiger partial charge in [0.2, 0.25) is 10.8 Å². The first-order valence-corrected chi connectivity index (χ1v) is 10.9. The van der Waals surface area contributed by atoms with Crippen LogP contribution in [0.3, 0.4) is 0 Å². The summed E-state index contributed by atoms with van der Waals surface area (Å²) in [6.45, 7) is 4.72. The van der Waals surface area contributed by atoms with E-state index >= 15 is 0 Å². The molecule has 0 saturated carbocycles. The van der Waals surface area contributed by atoms with Crippen LogP contribution in [0.25, 0.3) is 4.96 Å². The molecule has 1 unspecified atom stereocenters. The summed E-state index contributed by atoms with van der Waals surface area (Å²) in [6.07, 6.45) is 0. The van der Waals surface area contributed by atoms with Gasteiger partial charge in [0, 0.05) is 31.9 Å². The molecule has 1 fully saturated rings. The number of anilines is 1. The topological polar surface area (TPSA) is 56.9 Å². The van der Waals surface area contributed by atoms with E-state index in [0.717, 1.165) is 24.8 Å². The van der Waals surface area contributed by atoms with Crippen LogP contribution in [0.2, 0.25) is 0 Å². The lowest BCUT2D eigenvalue weighted by atomic mass is 10.0. The van der Waals surface area contributed by atoms with E-state index in [9.17, 15) is 13.9 Å². The van der Waals surface area contributed by atoms with Crippen molar-refractivity contribution in [3.8, 4) is 5.88 Å². The van der Waals surface area contributed by atoms with E-state index in [1.807, 2.05) is 18.2 Å². The van der Waals surface area contributed by atoms with E-state index in [2.05, 4.69) is 32.0 Å². The number of benzene rings is 2. The Bertz CT molecular complexity index is 1220. The Morgan fingerprint density at radius 1 is 1.00 bits per heavy atom. The smallest absolute Gasteiger partial charge is 0.230 e. The molecule has 9 heteroatoms. The lowest BCUT2D eigenvalue weighted by molar-refractivity contribution is 0.210. The van der Waals surface area contributed by atoms with Gasteiger partial charge in [-0.25, -0.2) is 13.8 Å². The number of nitrogens with zero attached hydrogens (tertiary/aromatic N) is 5. The quantitative estimate of drug-likeness (QED) is 0.519. The minimum absolute atomic E-state index is 0.0131. The third kappa shape index (κ3) is 3.64. The summed E-state index contributed by atoms with van der Waals surface area (Å²) < 4.78 is 29.1. The number of rotatable bonds is 4. The third-order valence-corrected chi connectivity index (χ3v) is 6.69. The summed E-state index contributed by atoms with van der Waals surface area (Å²) in [5.74, 6) is -1.24. The number of fused-ring (bicyclic) bond motifs is 1. The van der Waals surface area contributed by atoms with Crippen LogP contribution in [0.15, 0.2) is 48.5 Å². The molecule has 1 atom stereocenters. The first-order valence-electron chi connectivity index (χ1n) is 10.1. The summed E-state index contributed by atoms with van der Waals surface area (Å²) in [6, 6.07) is 13.7. The molecule has 0 bridgehead atoms. The van der Waals surface area contributed by atoms with Gasteiger partial charge in [-0.3, -0.25) is 4.90 Å². The fraction of sp³-hybridized carbons (Fsp3) is 0.273. The van der Waals surface area contributed by atoms with Gasteiger partial charge in [0.15, 0.2) is 11.6 Å². The predicted octanol–water partition coefficient (Wildman–Crippen LogP) is 3.99. The van der Waals surface area contributed by atoms with Crippen molar-refractivity contribution in [2.75, 3.05) is 31.1 Å². The van der Waals surface area contributed by atoms with E-state index in [1.54, 1.807) is 13.0 Å². The zero-order valence-electron chi connectivity index (χ0n) is 16.9. The first kappa shape index (κ1) is 19.9. The van der Waals surface area contributed by atoms with E-state index in [0.29, 0.717) is 34.3 Å². The minimum Gasteiger partial charge on any atom is -0.492 e. The standard InChI is InChI=1S/C22H21F2N5OS/c1-14-25-22-29(26-14)21(30)20(31-22)19(15-7-8-17(23)18(24)13-15)28-11-9-27(10-12-28)16-5-3-2-4-6-16/h2-8,13,19,30H,9-12H2,1H3. The van der Waals surface area contributed by atoms with Gasteiger partial charge in [0.25, 0.3) is 0 Å². The molecule has 1 saturated heterocycles. The molecule has 0 radical (unpaired) electrons. The molecule has 3 heterocycles. The van der Waals surface area contributed by atoms with E-state index in [-0.39, 0.29) is 5.88 Å². The van der Waals surface area contributed by atoms with Crippen molar-refractivity contribution in [1.29, 1.82) is 0 Å². The molecular formula is C22H21F2N5OS. The van der Waals surface area contributed by atoms with Gasteiger partial charge in [0.05, 0.1) is 10.9 Å². The van der Waals surface area contributed by atoms with Gasteiger partial charge in [-0.05, 0) is 36.8 Å². The number of aromatic hydroxyl groups is 1. The van der Waals surface area contributed by atoms with Crippen molar-refractivity contribution >= 4 is 22.0 Å². The second-order valence-electron chi connectivity index (χ2n) is 7.58. The molecule has 2 aromatic heterocycles. The summed E-state index contributed by atoms with van der Waals surface area (Å²) in [7, 11) is 0. The molecule has 31 heavy (non-hydrogen) atoms. The number of hydrogen-bond donors (Lipinski definition) is 1. The van der Waals surface area contributed by atoms with Gasteiger partial charge in [-0.1, -0.05) is 35.6 Å². The Balaban J connectivity index is 1.50. The fourth-order valence-corrected chi connectivity index (χ4v) is 5.28. The number of aromatic nitrogens is 3. The molecular weight excluding hydrogens is 420 g/mol. The van der Waals surface area contributed by atoms with Crippen molar-refractivity contribution in [1.82, 2.24) is 19.5 Å². The van der Waals surface area contributed by atoms with Crippen LogP contribution in [0.1, 0.15) is 22.3 Å². The Morgan fingerprint density at radius 3 is 2.42 bits per heavy atom. The van der Waals surface area contributed by atoms with E-state index in [4.69, 9.17) is 0 Å². The van der Waals surface area contributed by atoms with Crippen LogP contribution in [-0.2, 0) is 0 Å². The molecule has 1 aliphatic heterocycles. The highest BCUT2D eigenvalue weighted by molar-refractivity contribution is 7.17. The van der Waals surface area contributed by atoms with Crippen molar-refractivity contribution in [2.24, 2.45) is 0 Å². The molecule has 2 aromatic carbocycles. The number of halogens is 2. The summed E-state index contributed by atoms with van der Waals surface area (Å²) in [5.41, 5.74) is 1.74. The Hall–Kier alpha value is -3.04. The van der Waals surface area contributed by atoms with Crippen LogP contribution in [0.4, 0.5) is 14.5 Å². The highest BCUT2D eigenvalue weighted by Gasteiger charge is 2.32. The Kier molecular flexibility index (Phi) is 5.07. The Labute approximate surface area is 182 Å². The summed E-state index contributed by atoms with van der Waals surface area (Å²) in [5, 5.41) is 15.1. The van der Waals surface area contributed by atoms with Crippen molar-refractivity contribution in [3.63, 3.8) is 0 Å². The number of hydrogen-bond acceptors (Lipinski definition) is 6. The van der Waals surface area contributed by atoms with Gasteiger partial charge in [0.1, 0.15) is 5.82 Å². The maximum absolute atomic E-state index is 14.1. The minimum atomic E-state index is -0.903. The second kappa shape index (κ2) is 7.90.